The van der Waals surface area contributed by atoms with Gasteiger partial charge in [-0.25, -0.2) is 4.58 Å². The Morgan fingerprint density at radius 1 is 1.12 bits per heavy atom. The van der Waals surface area contributed by atoms with Crippen molar-refractivity contribution >= 4 is 46.3 Å². The lowest BCUT2D eigenvalue weighted by atomic mass is 9.87. The number of rotatable bonds is 6. The topological polar surface area (TPSA) is 107 Å². The molecule has 0 aliphatic carbocycles. The number of aryl methyl sites for hydroxylation is 1. The fourth-order valence-corrected chi connectivity index (χ4v) is 5.38. The third-order valence-electron chi connectivity index (χ3n) is 8.06. The van der Waals surface area contributed by atoms with Crippen LogP contribution in [0, 0.1) is 37.0 Å². The van der Waals surface area contributed by atoms with Gasteiger partial charge < -0.3 is 10.2 Å². The van der Waals surface area contributed by atoms with E-state index in [1.165, 1.54) is 11.9 Å². The minimum atomic E-state index is -0.197. The maximum atomic E-state index is 13.9. The van der Waals surface area contributed by atoms with Gasteiger partial charge in [-0.3, -0.25) is 14.2 Å². The van der Waals surface area contributed by atoms with Crippen molar-refractivity contribution in [3.05, 3.63) is 77.7 Å². The second-order valence-corrected chi connectivity index (χ2v) is 10.7. The third kappa shape index (κ3) is 5.59. The molecular formula is C32H34N7O2+. The lowest BCUT2D eigenvalue weighted by Crippen LogP contribution is -2.44. The van der Waals surface area contributed by atoms with Crippen LogP contribution in [0.5, 0.6) is 0 Å². The summed E-state index contributed by atoms with van der Waals surface area (Å²) in [6.45, 7) is 7.52. The van der Waals surface area contributed by atoms with Gasteiger partial charge in [0.1, 0.15) is 11.8 Å². The smallest absolute Gasteiger partial charge is 0.335 e. The summed E-state index contributed by atoms with van der Waals surface area (Å²) in [4.78, 5) is 37.0. The molecular weight excluding hydrogens is 514 g/mol. The molecule has 0 spiro atoms. The van der Waals surface area contributed by atoms with Crippen molar-refractivity contribution in [3.63, 3.8) is 0 Å². The Kier molecular flexibility index (Phi) is 7.92. The van der Waals surface area contributed by atoms with E-state index in [2.05, 4.69) is 48.3 Å². The average Bonchev–Trinajstić information content (AvgIpc) is 3.41. The number of nitrogens with zero attached hydrogens (tertiary/aromatic N) is 6. The fraction of sp³-hybridized carbons (Fsp3) is 0.312. The van der Waals surface area contributed by atoms with Gasteiger partial charge >= 0.3 is 5.82 Å². The van der Waals surface area contributed by atoms with Crippen molar-refractivity contribution in [1.29, 1.82) is 5.26 Å². The van der Waals surface area contributed by atoms with E-state index in [1.54, 1.807) is 15.7 Å². The molecule has 4 aromatic rings. The largest absolute Gasteiger partial charge is 0.355 e. The number of carbonyl (C=O) groups excluding carboxylic acids is 2. The number of carbonyl (C=O) groups is 2. The summed E-state index contributed by atoms with van der Waals surface area (Å²) in [6, 6.07) is 17.4. The van der Waals surface area contributed by atoms with Crippen molar-refractivity contribution in [3.8, 4) is 6.07 Å². The van der Waals surface area contributed by atoms with Crippen LogP contribution >= 0.6 is 0 Å². The molecule has 1 aliphatic rings. The van der Waals surface area contributed by atoms with Crippen LogP contribution in [0.2, 0.25) is 0 Å². The zero-order chi connectivity index (χ0) is 29.1. The van der Waals surface area contributed by atoms with Crippen LogP contribution in [0.25, 0.3) is 11.0 Å². The van der Waals surface area contributed by atoms with E-state index in [1.807, 2.05) is 60.2 Å². The van der Waals surface area contributed by atoms with Crippen LogP contribution in [0.1, 0.15) is 41.3 Å². The summed E-state index contributed by atoms with van der Waals surface area (Å²) in [7, 11) is 1.92. The monoisotopic (exact) mass is 548 g/mol. The number of anilines is 2. The van der Waals surface area contributed by atoms with Gasteiger partial charge in [0.25, 0.3) is 5.91 Å². The lowest BCUT2D eigenvalue weighted by molar-refractivity contribution is -0.405. The number of hydrogen-bond donors (Lipinski definition) is 1. The van der Waals surface area contributed by atoms with E-state index < -0.39 is 0 Å². The summed E-state index contributed by atoms with van der Waals surface area (Å²) in [5.74, 6) is 0.822. The molecule has 41 heavy (non-hydrogen) atoms. The summed E-state index contributed by atoms with van der Waals surface area (Å²) >= 11 is 0. The van der Waals surface area contributed by atoms with Gasteiger partial charge in [0.05, 0.1) is 30.6 Å². The minimum absolute atomic E-state index is 0.103. The number of nitriles is 1. The third-order valence-corrected chi connectivity index (χ3v) is 8.06. The van der Waals surface area contributed by atoms with E-state index in [0.29, 0.717) is 36.0 Å². The second kappa shape index (κ2) is 11.7. The normalized spacial score (nSPS) is 17.3. The van der Waals surface area contributed by atoms with Crippen LogP contribution < -0.4 is 5.32 Å². The van der Waals surface area contributed by atoms with Crippen LogP contribution in [0.4, 0.5) is 17.2 Å². The van der Waals surface area contributed by atoms with Crippen LogP contribution in [0.3, 0.4) is 0 Å². The number of fused-ring (bicyclic) bond motifs is 1. The van der Waals surface area contributed by atoms with E-state index in [9.17, 15) is 9.59 Å². The number of nitrogens with one attached hydrogen (secondary N) is 1. The van der Waals surface area contributed by atoms with Gasteiger partial charge in [-0.15, -0.1) is 0 Å². The molecule has 3 heterocycles. The van der Waals surface area contributed by atoms with Gasteiger partial charge in [0, 0.05) is 30.9 Å². The summed E-state index contributed by atoms with van der Waals surface area (Å²) in [6.07, 6.45) is 6.05. The highest BCUT2D eigenvalue weighted by molar-refractivity contribution is 6.06. The number of amides is 1. The first kappa shape index (κ1) is 27.7. The number of para-hydroxylation sites is 1. The first-order valence-corrected chi connectivity index (χ1v) is 13.8. The van der Waals surface area contributed by atoms with Gasteiger partial charge in [0.15, 0.2) is 5.65 Å². The van der Waals surface area contributed by atoms with Crippen molar-refractivity contribution in [2.75, 3.05) is 25.5 Å². The molecule has 5 rings (SSSR count). The predicted octanol–water partition coefficient (Wildman–Crippen LogP) is 5.22. The van der Waals surface area contributed by atoms with Gasteiger partial charge in [-0.05, 0) is 66.6 Å². The van der Waals surface area contributed by atoms with Crippen molar-refractivity contribution in [2.45, 2.75) is 33.6 Å². The molecule has 208 valence electrons. The standard InChI is InChI=1S/C32H33N7O2/c1-21-8-7-11-27(23(21)3)36-28-10-6-5-9-25(28)32(41)39-17-14-26-30(34-20-35-31(26)39)37(4)18-24-19-38(16-13-22(24)2)29(40)12-15-33/h5-11,14,17-18,20,22,24H,12-13,16,19H2,1-4H3/p+1/b37-18+/t22-,24?/m1/s1. The number of likely N-dealkylation sites (tertiary alicyclic amines) is 1. The molecule has 1 aliphatic heterocycles. The Balaban J connectivity index is 1.45. The number of benzene rings is 2. The number of aromatic nitrogens is 3. The molecule has 0 bridgehead atoms. The molecule has 1 saturated heterocycles. The van der Waals surface area contributed by atoms with E-state index in [4.69, 9.17) is 5.26 Å². The Morgan fingerprint density at radius 2 is 1.90 bits per heavy atom. The van der Waals surface area contributed by atoms with Crippen molar-refractivity contribution in [2.24, 2.45) is 11.8 Å². The van der Waals surface area contributed by atoms with Crippen LogP contribution in [-0.4, -0.2) is 62.2 Å². The molecule has 9 nitrogen and oxygen atoms in total. The first-order chi connectivity index (χ1) is 19.8. The van der Waals surface area contributed by atoms with E-state index in [-0.39, 0.29) is 24.2 Å². The summed E-state index contributed by atoms with van der Waals surface area (Å²) < 4.78 is 3.51. The maximum Gasteiger partial charge on any atom is 0.335 e. The second-order valence-electron chi connectivity index (χ2n) is 10.7. The van der Waals surface area contributed by atoms with Gasteiger partial charge in [-0.1, -0.05) is 31.2 Å². The Bertz CT molecular complexity index is 1700. The zero-order valence-electron chi connectivity index (χ0n) is 23.8. The highest BCUT2D eigenvalue weighted by Gasteiger charge is 2.30. The molecule has 2 aromatic carbocycles. The fourth-order valence-electron chi connectivity index (χ4n) is 5.38. The Morgan fingerprint density at radius 3 is 2.71 bits per heavy atom. The van der Waals surface area contributed by atoms with Gasteiger partial charge in [-0.2, -0.15) is 10.2 Å². The molecule has 1 fully saturated rings. The van der Waals surface area contributed by atoms with Crippen LogP contribution in [-0.2, 0) is 4.79 Å². The van der Waals surface area contributed by atoms with Crippen molar-refractivity contribution < 1.29 is 14.2 Å². The van der Waals surface area contributed by atoms with E-state index in [0.717, 1.165) is 28.7 Å². The molecule has 0 saturated carbocycles. The van der Waals surface area contributed by atoms with E-state index >= 15 is 0 Å². The summed E-state index contributed by atoms with van der Waals surface area (Å²) in [5.41, 5.74) is 5.02. The zero-order valence-corrected chi connectivity index (χ0v) is 23.8. The first-order valence-electron chi connectivity index (χ1n) is 13.8. The predicted molar refractivity (Wildman–Crippen MR) is 159 cm³/mol. The molecule has 1 unspecified atom stereocenters. The molecule has 0 radical (unpaired) electrons. The molecule has 1 amide bonds. The summed E-state index contributed by atoms with van der Waals surface area (Å²) in [5, 5.41) is 13.1. The molecule has 9 heteroatoms. The number of hydrogen-bond acceptors (Lipinski definition) is 6. The molecule has 2 atom stereocenters. The van der Waals surface area contributed by atoms with Crippen molar-refractivity contribution in [1.82, 2.24) is 19.4 Å². The quantitative estimate of drug-likeness (QED) is 0.261. The highest BCUT2D eigenvalue weighted by Crippen LogP contribution is 2.29. The molecule has 1 N–H and O–H groups in total. The number of piperidine rings is 1. The SMILES string of the molecule is Cc1cccc(Nc2ccccc2C(=O)n2ccc3c(/[N+](C)=C/C4CN(C(=O)CC#N)CC[C@H]4C)ncnc32)c1C. The average molecular weight is 549 g/mol. The Hall–Kier alpha value is -4.84. The van der Waals surface area contributed by atoms with Gasteiger partial charge in [0.2, 0.25) is 12.2 Å². The minimum Gasteiger partial charge on any atom is -0.355 e. The Labute approximate surface area is 239 Å². The maximum absolute atomic E-state index is 13.9. The molecule has 2 aromatic heterocycles. The lowest BCUT2D eigenvalue weighted by Gasteiger charge is -2.34. The van der Waals surface area contributed by atoms with Crippen LogP contribution in [0.15, 0.2) is 61.1 Å². The highest BCUT2D eigenvalue weighted by atomic mass is 16.2.